The van der Waals surface area contributed by atoms with Gasteiger partial charge in [0, 0.05) is 30.8 Å². The Morgan fingerprint density at radius 3 is 3.00 bits per heavy atom. The highest BCUT2D eigenvalue weighted by Gasteiger charge is 2.27. The van der Waals surface area contributed by atoms with Crippen LogP contribution in [0.15, 0.2) is 0 Å². The molecule has 0 atom stereocenters. The molecular weight excluding hydrogens is 190 g/mol. The van der Waals surface area contributed by atoms with Crippen LogP contribution in [0.1, 0.15) is 47.1 Å². The van der Waals surface area contributed by atoms with Crippen molar-refractivity contribution in [1.82, 2.24) is 15.1 Å². The molecule has 1 aliphatic heterocycles. The predicted molar refractivity (Wildman–Crippen MR) is 55.9 cm³/mol. The van der Waals surface area contributed by atoms with Crippen molar-refractivity contribution in [2.45, 2.75) is 38.3 Å². The van der Waals surface area contributed by atoms with E-state index in [0.717, 1.165) is 31.4 Å². The van der Waals surface area contributed by atoms with Crippen molar-refractivity contribution in [3.63, 3.8) is 0 Å². The standard InChI is InChI=1S/C11H15N3O/c15-7-10-9-6-12-5-4-11(9)14(13-10)8-2-1-3-8/h7-8,12H,1-6H2. The van der Waals surface area contributed by atoms with E-state index < -0.39 is 0 Å². The lowest BCUT2D eigenvalue weighted by molar-refractivity contribution is 0.111. The average molecular weight is 205 g/mol. The smallest absolute Gasteiger partial charge is 0.170 e. The molecule has 0 radical (unpaired) electrons. The number of carbonyl (C=O) groups excluding carboxylic acids is 1. The first kappa shape index (κ1) is 9.09. The van der Waals surface area contributed by atoms with Crippen molar-refractivity contribution in [1.29, 1.82) is 0 Å². The Kier molecular flexibility index (Phi) is 2.09. The third kappa shape index (κ3) is 1.32. The zero-order valence-electron chi connectivity index (χ0n) is 8.70. The van der Waals surface area contributed by atoms with Crippen molar-refractivity contribution in [2.24, 2.45) is 0 Å². The molecule has 2 aliphatic rings. The molecule has 1 fully saturated rings. The van der Waals surface area contributed by atoms with Crippen LogP contribution in [0, 0.1) is 0 Å². The van der Waals surface area contributed by atoms with Gasteiger partial charge in [0.05, 0.1) is 6.04 Å². The normalized spacial score (nSPS) is 20.8. The molecule has 1 saturated carbocycles. The molecule has 0 bridgehead atoms. The minimum absolute atomic E-state index is 0.561. The minimum Gasteiger partial charge on any atom is -0.312 e. The maximum absolute atomic E-state index is 10.9. The summed E-state index contributed by atoms with van der Waals surface area (Å²) in [6.45, 7) is 1.81. The lowest BCUT2D eigenvalue weighted by atomic mass is 9.92. The molecule has 15 heavy (non-hydrogen) atoms. The van der Waals surface area contributed by atoms with Crippen LogP contribution in [-0.4, -0.2) is 22.6 Å². The van der Waals surface area contributed by atoms with E-state index in [4.69, 9.17) is 0 Å². The van der Waals surface area contributed by atoms with Crippen LogP contribution in [0.3, 0.4) is 0 Å². The quantitative estimate of drug-likeness (QED) is 0.734. The van der Waals surface area contributed by atoms with Gasteiger partial charge >= 0.3 is 0 Å². The molecule has 0 saturated heterocycles. The number of nitrogens with zero attached hydrogens (tertiary/aromatic N) is 2. The fraction of sp³-hybridized carbons (Fsp3) is 0.636. The van der Waals surface area contributed by atoms with E-state index in [1.807, 2.05) is 0 Å². The third-order valence-electron chi connectivity index (χ3n) is 3.52. The van der Waals surface area contributed by atoms with Gasteiger partial charge in [-0.1, -0.05) is 0 Å². The van der Waals surface area contributed by atoms with Crippen LogP contribution in [0.25, 0.3) is 0 Å². The van der Waals surface area contributed by atoms with Gasteiger partial charge in [-0.05, 0) is 19.3 Å². The molecule has 1 aromatic heterocycles. The number of nitrogens with one attached hydrogen (secondary N) is 1. The van der Waals surface area contributed by atoms with E-state index in [0.29, 0.717) is 11.7 Å². The summed E-state index contributed by atoms with van der Waals surface area (Å²) in [6.07, 6.45) is 5.64. The Hall–Kier alpha value is -1.16. The van der Waals surface area contributed by atoms with Crippen LogP contribution in [-0.2, 0) is 13.0 Å². The molecule has 0 spiro atoms. The SMILES string of the molecule is O=Cc1nn(C2CCC2)c2c1CNCC2. The summed E-state index contributed by atoms with van der Waals surface area (Å²) in [6, 6.07) is 0.561. The summed E-state index contributed by atoms with van der Waals surface area (Å²) in [5.41, 5.74) is 3.06. The summed E-state index contributed by atoms with van der Waals surface area (Å²) in [5.74, 6) is 0. The van der Waals surface area contributed by atoms with E-state index >= 15 is 0 Å². The van der Waals surface area contributed by atoms with Crippen LogP contribution in [0.5, 0.6) is 0 Å². The first-order valence-electron chi connectivity index (χ1n) is 5.66. The van der Waals surface area contributed by atoms with Crippen molar-refractivity contribution in [3.8, 4) is 0 Å². The molecular formula is C11H15N3O. The lowest BCUT2D eigenvalue weighted by Crippen LogP contribution is -2.27. The number of hydrogen-bond acceptors (Lipinski definition) is 3. The van der Waals surface area contributed by atoms with Gasteiger partial charge in [-0.3, -0.25) is 9.48 Å². The summed E-state index contributed by atoms with van der Waals surface area (Å²) in [7, 11) is 0. The van der Waals surface area contributed by atoms with Crippen LogP contribution >= 0.6 is 0 Å². The van der Waals surface area contributed by atoms with Crippen molar-refractivity contribution >= 4 is 6.29 Å². The molecule has 1 aromatic rings. The second-order valence-corrected chi connectivity index (χ2v) is 4.38. The molecule has 0 unspecified atom stereocenters. The van der Waals surface area contributed by atoms with E-state index in [9.17, 15) is 4.79 Å². The van der Waals surface area contributed by atoms with Gasteiger partial charge < -0.3 is 5.32 Å². The summed E-state index contributed by atoms with van der Waals surface area (Å²) in [5, 5.41) is 7.73. The zero-order chi connectivity index (χ0) is 10.3. The van der Waals surface area contributed by atoms with Gasteiger partial charge in [0.1, 0.15) is 5.69 Å². The molecule has 80 valence electrons. The summed E-state index contributed by atoms with van der Waals surface area (Å²) < 4.78 is 2.11. The summed E-state index contributed by atoms with van der Waals surface area (Å²) >= 11 is 0. The zero-order valence-corrected chi connectivity index (χ0v) is 8.70. The molecule has 4 nitrogen and oxygen atoms in total. The number of hydrogen-bond donors (Lipinski definition) is 1. The predicted octanol–water partition coefficient (Wildman–Crippen LogP) is 1.07. The van der Waals surface area contributed by atoms with Crippen LogP contribution in [0.4, 0.5) is 0 Å². The average Bonchev–Trinajstić information content (AvgIpc) is 2.55. The highest BCUT2D eigenvalue weighted by molar-refractivity contribution is 5.75. The second kappa shape index (κ2) is 3.45. The van der Waals surface area contributed by atoms with E-state index in [1.165, 1.54) is 25.0 Å². The van der Waals surface area contributed by atoms with Crippen molar-refractivity contribution in [3.05, 3.63) is 17.0 Å². The maximum Gasteiger partial charge on any atom is 0.170 e. The monoisotopic (exact) mass is 205 g/mol. The van der Waals surface area contributed by atoms with Gasteiger partial charge in [-0.15, -0.1) is 0 Å². The molecule has 0 aromatic carbocycles. The molecule has 1 N–H and O–H groups in total. The number of aldehydes is 1. The maximum atomic E-state index is 10.9. The second-order valence-electron chi connectivity index (χ2n) is 4.38. The molecule has 1 aliphatic carbocycles. The minimum atomic E-state index is 0.561. The Balaban J connectivity index is 2.05. The fourth-order valence-electron chi connectivity index (χ4n) is 2.43. The lowest BCUT2D eigenvalue weighted by Gasteiger charge is -2.28. The van der Waals surface area contributed by atoms with Crippen molar-refractivity contribution in [2.75, 3.05) is 6.54 Å². The van der Waals surface area contributed by atoms with Gasteiger partial charge in [0.2, 0.25) is 0 Å². The summed E-state index contributed by atoms with van der Waals surface area (Å²) in [4.78, 5) is 10.9. The Morgan fingerprint density at radius 1 is 1.47 bits per heavy atom. The largest absolute Gasteiger partial charge is 0.312 e. The number of aromatic nitrogens is 2. The number of fused-ring (bicyclic) bond motifs is 1. The topological polar surface area (TPSA) is 46.9 Å². The number of rotatable bonds is 2. The van der Waals surface area contributed by atoms with E-state index in [1.54, 1.807) is 0 Å². The third-order valence-corrected chi connectivity index (χ3v) is 3.52. The molecule has 2 heterocycles. The molecule has 3 rings (SSSR count). The highest BCUT2D eigenvalue weighted by Crippen LogP contribution is 2.34. The molecule has 4 heteroatoms. The van der Waals surface area contributed by atoms with E-state index in [2.05, 4.69) is 15.1 Å². The Labute approximate surface area is 88.7 Å². The van der Waals surface area contributed by atoms with Gasteiger partial charge in [0.25, 0.3) is 0 Å². The van der Waals surface area contributed by atoms with Crippen molar-refractivity contribution < 1.29 is 4.79 Å². The van der Waals surface area contributed by atoms with Crippen LogP contribution < -0.4 is 5.32 Å². The Morgan fingerprint density at radius 2 is 2.33 bits per heavy atom. The van der Waals surface area contributed by atoms with E-state index in [-0.39, 0.29) is 0 Å². The first-order valence-corrected chi connectivity index (χ1v) is 5.66. The highest BCUT2D eigenvalue weighted by atomic mass is 16.1. The number of carbonyl (C=O) groups is 1. The van der Waals surface area contributed by atoms with Crippen LogP contribution in [0.2, 0.25) is 0 Å². The van der Waals surface area contributed by atoms with Gasteiger partial charge in [-0.25, -0.2) is 0 Å². The van der Waals surface area contributed by atoms with Gasteiger partial charge in [-0.2, -0.15) is 5.10 Å². The van der Waals surface area contributed by atoms with Gasteiger partial charge in [0.15, 0.2) is 6.29 Å². The Bertz CT molecular complexity index is 393. The first-order chi connectivity index (χ1) is 7.40. The fourth-order valence-corrected chi connectivity index (χ4v) is 2.43. The molecule has 0 amide bonds.